The van der Waals surface area contributed by atoms with Gasteiger partial charge in [0.15, 0.2) is 5.84 Å². The highest BCUT2D eigenvalue weighted by Gasteiger charge is 2.22. The van der Waals surface area contributed by atoms with E-state index in [0.29, 0.717) is 9.58 Å². The number of nitrogens with zero attached hydrogens (tertiary/aromatic N) is 1. The van der Waals surface area contributed by atoms with Crippen LogP contribution in [-0.4, -0.2) is 23.0 Å². The van der Waals surface area contributed by atoms with Gasteiger partial charge in [0, 0.05) is 4.70 Å². The predicted molar refractivity (Wildman–Crippen MR) is 81.3 cm³/mol. The maximum Gasteiger partial charge on any atom is 0.261 e. The van der Waals surface area contributed by atoms with Gasteiger partial charge in [-0.15, -0.1) is 11.3 Å². The molecule has 0 radical (unpaired) electrons. The summed E-state index contributed by atoms with van der Waals surface area (Å²) in [5.74, 6) is -0.753. The zero-order valence-electron chi connectivity index (χ0n) is 11.6. The molecule has 21 heavy (non-hydrogen) atoms. The summed E-state index contributed by atoms with van der Waals surface area (Å²) in [5.41, 5.74) is 5.58. The summed E-state index contributed by atoms with van der Waals surface area (Å²) in [4.78, 5) is 12.7. The Morgan fingerprint density at radius 1 is 1.43 bits per heavy atom. The number of fused-ring (bicyclic) bond motifs is 1. The number of rotatable bonds is 4. The molecule has 0 bridgehead atoms. The van der Waals surface area contributed by atoms with Crippen molar-refractivity contribution in [3.05, 3.63) is 35.0 Å². The number of hydrogen-bond acceptors (Lipinski definition) is 4. The monoisotopic (exact) mass is 309 g/mol. The standard InChI is InChI=1S/C14H16FN3O2S/c1-7(2)12(13(16)18-20)17-14(19)11-5-8-3-4-9(15)6-10(8)21-11/h3-7,12,20H,1-2H3,(H2,16,18)(H,17,19). The third-order valence-corrected chi connectivity index (χ3v) is 4.19. The maximum absolute atomic E-state index is 13.2. The van der Waals surface area contributed by atoms with Crippen LogP contribution in [-0.2, 0) is 0 Å². The number of halogens is 1. The van der Waals surface area contributed by atoms with Gasteiger partial charge in [0.2, 0.25) is 0 Å². The van der Waals surface area contributed by atoms with E-state index in [2.05, 4.69) is 10.5 Å². The van der Waals surface area contributed by atoms with E-state index in [9.17, 15) is 9.18 Å². The van der Waals surface area contributed by atoms with Crippen molar-refractivity contribution < 1.29 is 14.4 Å². The van der Waals surface area contributed by atoms with Crippen molar-refractivity contribution in [1.29, 1.82) is 0 Å². The first-order chi connectivity index (χ1) is 9.92. The van der Waals surface area contributed by atoms with Crippen LogP contribution in [0.25, 0.3) is 10.1 Å². The molecule has 112 valence electrons. The van der Waals surface area contributed by atoms with Crippen LogP contribution in [0.15, 0.2) is 29.4 Å². The molecule has 2 aromatic rings. The molecule has 0 fully saturated rings. The topological polar surface area (TPSA) is 87.7 Å². The number of benzene rings is 1. The minimum absolute atomic E-state index is 0.0309. The van der Waals surface area contributed by atoms with E-state index in [1.54, 1.807) is 12.1 Å². The smallest absolute Gasteiger partial charge is 0.261 e. The maximum atomic E-state index is 13.2. The number of nitrogens with two attached hydrogens (primary N) is 1. The van der Waals surface area contributed by atoms with Gasteiger partial charge in [0.25, 0.3) is 5.91 Å². The largest absolute Gasteiger partial charge is 0.409 e. The number of carbonyl (C=O) groups is 1. The minimum Gasteiger partial charge on any atom is -0.409 e. The molecule has 1 heterocycles. The van der Waals surface area contributed by atoms with Gasteiger partial charge in [-0.3, -0.25) is 4.79 Å². The molecular weight excluding hydrogens is 293 g/mol. The van der Waals surface area contributed by atoms with Crippen LogP contribution < -0.4 is 11.1 Å². The molecule has 1 aromatic carbocycles. The van der Waals surface area contributed by atoms with E-state index >= 15 is 0 Å². The van der Waals surface area contributed by atoms with Crippen molar-refractivity contribution in [2.45, 2.75) is 19.9 Å². The van der Waals surface area contributed by atoms with E-state index in [1.807, 2.05) is 13.8 Å². The molecule has 0 spiro atoms. The van der Waals surface area contributed by atoms with Gasteiger partial charge in [-0.05, 0) is 29.5 Å². The molecular formula is C14H16FN3O2S. The van der Waals surface area contributed by atoms with E-state index in [-0.39, 0.29) is 23.5 Å². The van der Waals surface area contributed by atoms with Gasteiger partial charge in [-0.1, -0.05) is 25.1 Å². The second-order valence-corrected chi connectivity index (χ2v) is 6.10. The van der Waals surface area contributed by atoms with E-state index in [4.69, 9.17) is 10.9 Å². The van der Waals surface area contributed by atoms with Gasteiger partial charge in [-0.2, -0.15) is 0 Å². The molecule has 0 saturated heterocycles. The lowest BCUT2D eigenvalue weighted by molar-refractivity contribution is 0.0943. The Kier molecular flexibility index (Phi) is 4.42. The second-order valence-electron chi connectivity index (χ2n) is 5.01. The molecule has 0 saturated carbocycles. The minimum atomic E-state index is -0.565. The molecule has 5 nitrogen and oxygen atoms in total. The molecule has 2 rings (SSSR count). The highest BCUT2D eigenvalue weighted by Crippen LogP contribution is 2.26. The van der Waals surface area contributed by atoms with Crippen LogP contribution in [0, 0.1) is 11.7 Å². The predicted octanol–water partition coefficient (Wildman–Crippen LogP) is 2.54. The first-order valence-electron chi connectivity index (χ1n) is 6.39. The Balaban J connectivity index is 2.25. The Hall–Kier alpha value is -2.15. The number of amides is 1. The average molecular weight is 309 g/mol. The summed E-state index contributed by atoms with van der Waals surface area (Å²) in [6.45, 7) is 3.70. The van der Waals surface area contributed by atoms with Gasteiger partial charge >= 0.3 is 0 Å². The summed E-state index contributed by atoms with van der Waals surface area (Å²) in [6.07, 6.45) is 0. The molecule has 0 aliphatic heterocycles. The lowest BCUT2D eigenvalue weighted by atomic mass is 10.0. The summed E-state index contributed by atoms with van der Waals surface area (Å²) in [6, 6.07) is 5.49. The molecule has 1 amide bonds. The van der Waals surface area contributed by atoms with E-state index < -0.39 is 6.04 Å². The Labute approximate surface area is 125 Å². The van der Waals surface area contributed by atoms with Crippen molar-refractivity contribution in [2.75, 3.05) is 0 Å². The van der Waals surface area contributed by atoms with Crippen LogP contribution in [0.5, 0.6) is 0 Å². The Bertz CT molecular complexity index is 697. The Morgan fingerprint density at radius 2 is 2.14 bits per heavy atom. The number of hydrogen-bond donors (Lipinski definition) is 3. The van der Waals surface area contributed by atoms with Crippen molar-refractivity contribution in [1.82, 2.24) is 5.32 Å². The summed E-state index contributed by atoms with van der Waals surface area (Å²) in [7, 11) is 0. The third kappa shape index (κ3) is 3.30. The van der Waals surface area contributed by atoms with Gasteiger partial charge in [0.1, 0.15) is 5.82 Å². The van der Waals surface area contributed by atoms with Crippen molar-refractivity contribution >= 4 is 33.2 Å². The molecule has 4 N–H and O–H groups in total. The lowest BCUT2D eigenvalue weighted by Crippen LogP contribution is -2.47. The fraction of sp³-hybridized carbons (Fsp3) is 0.286. The first kappa shape index (κ1) is 15.2. The van der Waals surface area contributed by atoms with Gasteiger partial charge < -0.3 is 16.3 Å². The van der Waals surface area contributed by atoms with Gasteiger partial charge in [0.05, 0.1) is 10.9 Å². The summed E-state index contributed by atoms with van der Waals surface area (Å²) >= 11 is 1.20. The fourth-order valence-corrected chi connectivity index (χ4v) is 2.96. The number of nitrogens with one attached hydrogen (secondary N) is 1. The summed E-state index contributed by atoms with van der Waals surface area (Å²) < 4.78 is 13.9. The highest BCUT2D eigenvalue weighted by atomic mass is 32.1. The number of oxime groups is 1. The van der Waals surface area contributed by atoms with E-state index in [1.165, 1.54) is 23.5 Å². The van der Waals surface area contributed by atoms with Crippen molar-refractivity contribution in [3.63, 3.8) is 0 Å². The zero-order valence-corrected chi connectivity index (χ0v) is 12.4. The molecule has 0 aliphatic rings. The summed E-state index contributed by atoms with van der Waals surface area (Å²) in [5, 5.41) is 15.2. The average Bonchev–Trinajstić information content (AvgIpc) is 2.86. The quantitative estimate of drug-likeness (QED) is 0.351. The SMILES string of the molecule is CC(C)C(NC(=O)c1cc2ccc(F)cc2s1)/C(N)=N/O. The molecule has 0 aliphatic carbocycles. The fourth-order valence-electron chi connectivity index (χ4n) is 1.97. The molecule has 1 atom stereocenters. The number of carbonyl (C=O) groups excluding carboxylic acids is 1. The normalized spacial score (nSPS) is 13.6. The lowest BCUT2D eigenvalue weighted by Gasteiger charge is -2.20. The molecule has 7 heteroatoms. The van der Waals surface area contributed by atoms with E-state index in [0.717, 1.165) is 5.39 Å². The number of amidine groups is 1. The zero-order chi connectivity index (χ0) is 15.6. The van der Waals surface area contributed by atoms with Crippen LogP contribution in [0.2, 0.25) is 0 Å². The van der Waals surface area contributed by atoms with Crippen LogP contribution in [0.3, 0.4) is 0 Å². The molecule has 1 unspecified atom stereocenters. The van der Waals surface area contributed by atoms with Crippen LogP contribution >= 0.6 is 11.3 Å². The third-order valence-electron chi connectivity index (χ3n) is 3.09. The molecule has 1 aromatic heterocycles. The highest BCUT2D eigenvalue weighted by molar-refractivity contribution is 7.20. The van der Waals surface area contributed by atoms with Crippen molar-refractivity contribution in [3.8, 4) is 0 Å². The first-order valence-corrected chi connectivity index (χ1v) is 7.21. The van der Waals surface area contributed by atoms with Crippen LogP contribution in [0.1, 0.15) is 23.5 Å². The van der Waals surface area contributed by atoms with Gasteiger partial charge in [-0.25, -0.2) is 4.39 Å². The number of thiophene rings is 1. The second kappa shape index (κ2) is 6.09. The van der Waals surface area contributed by atoms with Crippen molar-refractivity contribution in [2.24, 2.45) is 16.8 Å². The Morgan fingerprint density at radius 3 is 2.76 bits per heavy atom. The van der Waals surface area contributed by atoms with Crippen LogP contribution in [0.4, 0.5) is 4.39 Å².